The van der Waals surface area contributed by atoms with Gasteiger partial charge in [0.15, 0.2) is 0 Å². The molecule has 0 radical (unpaired) electrons. The Morgan fingerprint density at radius 3 is 2.38 bits per heavy atom. The van der Waals surface area contributed by atoms with Crippen LogP contribution in [0.2, 0.25) is 5.02 Å². The van der Waals surface area contributed by atoms with Crippen molar-refractivity contribution in [3.63, 3.8) is 0 Å². The van der Waals surface area contributed by atoms with Crippen LogP contribution in [0, 0.1) is 0 Å². The first-order valence-electron chi connectivity index (χ1n) is 6.58. The van der Waals surface area contributed by atoms with Crippen LogP contribution in [0.25, 0.3) is 0 Å². The van der Waals surface area contributed by atoms with Crippen LogP contribution in [0.3, 0.4) is 0 Å². The maximum absolute atomic E-state index is 12.3. The zero-order valence-corrected chi connectivity index (χ0v) is 11.9. The van der Waals surface area contributed by atoms with Crippen molar-refractivity contribution < 1.29 is 9.59 Å². The molecular weight excluding hydrogens is 288 g/mol. The summed E-state index contributed by atoms with van der Waals surface area (Å²) in [5.41, 5.74) is 1.30. The van der Waals surface area contributed by atoms with E-state index in [1.54, 1.807) is 24.3 Å². The molecular formula is C16H13ClN2O2. The van der Waals surface area contributed by atoms with E-state index in [-0.39, 0.29) is 18.4 Å². The third-order valence-corrected chi connectivity index (χ3v) is 3.74. The number of piperazine rings is 1. The van der Waals surface area contributed by atoms with E-state index in [0.717, 1.165) is 5.56 Å². The van der Waals surface area contributed by atoms with Gasteiger partial charge in [-0.25, -0.2) is 0 Å². The molecule has 0 aromatic heterocycles. The second-order valence-electron chi connectivity index (χ2n) is 4.75. The summed E-state index contributed by atoms with van der Waals surface area (Å²) in [4.78, 5) is 26.1. The Hall–Kier alpha value is -2.33. The number of benzene rings is 2. The van der Waals surface area contributed by atoms with Crippen LogP contribution in [-0.2, 0) is 9.59 Å². The Morgan fingerprint density at radius 1 is 1.00 bits per heavy atom. The van der Waals surface area contributed by atoms with Gasteiger partial charge in [0, 0.05) is 0 Å². The standard InChI is InChI=1S/C16H13ClN2O2/c17-12-8-4-5-9-13(12)19-14(20)10-18-16(21)15(19)11-6-2-1-3-7-11/h1-9,15H,10H2,(H,18,21). The van der Waals surface area contributed by atoms with E-state index >= 15 is 0 Å². The van der Waals surface area contributed by atoms with E-state index in [2.05, 4.69) is 5.32 Å². The predicted octanol–water partition coefficient (Wildman–Crippen LogP) is 2.54. The Morgan fingerprint density at radius 2 is 1.67 bits per heavy atom. The molecule has 1 unspecified atom stereocenters. The van der Waals surface area contributed by atoms with Gasteiger partial charge in [-0.2, -0.15) is 0 Å². The van der Waals surface area contributed by atoms with E-state index in [0.29, 0.717) is 10.7 Å². The second-order valence-corrected chi connectivity index (χ2v) is 5.15. The molecule has 2 amide bonds. The van der Waals surface area contributed by atoms with Gasteiger partial charge >= 0.3 is 0 Å². The predicted molar refractivity (Wildman–Crippen MR) is 81.1 cm³/mol. The molecule has 1 heterocycles. The highest BCUT2D eigenvalue weighted by molar-refractivity contribution is 6.34. The Bertz CT molecular complexity index is 688. The van der Waals surface area contributed by atoms with Crippen molar-refractivity contribution in [1.82, 2.24) is 5.32 Å². The van der Waals surface area contributed by atoms with Gasteiger partial charge in [-0.1, -0.05) is 54.1 Å². The summed E-state index contributed by atoms with van der Waals surface area (Å²) in [6.45, 7) is -0.0204. The van der Waals surface area contributed by atoms with Crippen LogP contribution in [0.1, 0.15) is 11.6 Å². The third-order valence-electron chi connectivity index (χ3n) is 3.42. The molecule has 0 saturated carbocycles. The second kappa shape index (κ2) is 5.58. The molecule has 21 heavy (non-hydrogen) atoms. The van der Waals surface area contributed by atoms with Crippen LogP contribution in [0.4, 0.5) is 5.69 Å². The Balaban J connectivity index is 2.11. The first-order chi connectivity index (χ1) is 10.2. The Kier molecular flexibility index (Phi) is 3.62. The van der Waals surface area contributed by atoms with Crippen molar-refractivity contribution in [3.8, 4) is 0 Å². The van der Waals surface area contributed by atoms with Gasteiger partial charge in [0.25, 0.3) is 0 Å². The van der Waals surface area contributed by atoms with Gasteiger partial charge in [0.05, 0.1) is 17.3 Å². The van der Waals surface area contributed by atoms with Crippen LogP contribution < -0.4 is 10.2 Å². The maximum Gasteiger partial charge on any atom is 0.248 e. The van der Waals surface area contributed by atoms with Gasteiger partial charge in [-0.3, -0.25) is 14.5 Å². The first kappa shape index (κ1) is 13.6. The number of nitrogens with one attached hydrogen (secondary N) is 1. The SMILES string of the molecule is O=C1NCC(=O)N(c2ccccc2Cl)C1c1ccccc1. The lowest BCUT2D eigenvalue weighted by molar-refractivity contribution is -0.131. The van der Waals surface area contributed by atoms with Gasteiger partial charge in [0.1, 0.15) is 6.04 Å². The minimum atomic E-state index is -0.702. The van der Waals surface area contributed by atoms with Crippen molar-refractivity contribution in [3.05, 3.63) is 65.2 Å². The molecule has 0 aliphatic carbocycles. The number of anilines is 1. The molecule has 4 nitrogen and oxygen atoms in total. The molecule has 0 spiro atoms. The van der Waals surface area contributed by atoms with Crippen molar-refractivity contribution in [2.45, 2.75) is 6.04 Å². The van der Waals surface area contributed by atoms with E-state index < -0.39 is 6.04 Å². The zero-order valence-electron chi connectivity index (χ0n) is 11.1. The number of rotatable bonds is 2. The number of hydrogen-bond acceptors (Lipinski definition) is 2. The van der Waals surface area contributed by atoms with E-state index in [1.807, 2.05) is 30.3 Å². The molecule has 2 aromatic rings. The monoisotopic (exact) mass is 300 g/mol. The molecule has 0 bridgehead atoms. The molecule has 1 N–H and O–H groups in total. The minimum absolute atomic E-state index is 0.0204. The highest BCUT2D eigenvalue weighted by Gasteiger charge is 2.37. The van der Waals surface area contributed by atoms with E-state index in [1.165, 1.54) is 4.90 Å². The summed E-state index contributed by atoms with van der Waals surface area (Å²) in [5.74, 6) is -0.391. The molecule has 3 rings (SSSR count). The van der Waals surface area contributed by atoms with E-state index in [9.17, 15) is 9.59 Å². The van der Waals surface area contributed by atoms with Crippen molar-refractivity contribution in [1.29, 1.82) is 0 Å². The molecule has 1 aliphatic heterocycles. The maximum atomic E-state index is 12.3. The molecule has 106 valence electrons. The number of nitrogens with zero attached hydrogens (tertiary/aromatic N) is 1. The van der Waals surface area contributed by atoms with Gasteiger partial charge in [-0.15, -0.1) is 0 Å². The number of halogens is 1. The molecule has 2 aromatic carbocycles. The molecule has 5 heteroatoms. The van der Waals surface area contributed by atoms with Gasteiger partial charge < -0.3 is 5.32 Å². The van der Waals surface area contributed by atoms with Gasteiger partial charge in [0.2, 0.25) is 11.8 Å². The fourth-order valence-corrected chi connectivity index (χ4v) is 2.69. The summed E-state index contributed by atoms with van der Waals surface area (Å²) < 4.78 is 0. The fourth-order valence-electron chi connectivity index (χ4n) is 2.46. The van der Waals surface area contributed by atoms with Gasteiger partial charge in [-0.05, 0) is 17.7 Å². The number of para-hydroxylation sites is 1. The van der Waals surface area contributed by atoms with E-state index in [4.69, 9.17) is 11.6 Å². The van der Waals surface area contributed by atoms with Crippen molar-refractivity contribution in [2.24, 2.45) is 0 Å². The topological polar surface area (TPSA) is 49.4 Å². The highest BCUT2D eigenvalue weighted by Crippen LogP contribution is 2.34. The normalized spacial score (nSPS) is 18.5. The lowest BCUT2D eigenvalue weighted by atomic mass is 10.0. The molecule has 1 aliphatic rings. The lowest BCUT2D eigenvalue weighted by Gasteiger charge is -2.35. The molecule has 1 atom stereocenters. The largest absolute Gasteiger partial charge is 0.345 e. The number of hydrogen-bond donors (Lipinski definition) is 1. The smallest absolute Gasteiger partial charge is 0.248 e. The summed E-state index contributed by atoms with van der Waals surface area (Å²) >= 11 is 6.20. The summed E-state index contributed by atoms with van der Waals surface area (Å²) in [6, 6.07) is 15.5. The third kappa shape index (κ3) is 2.50. The average Bonchev–Trinajstić information content (AvgIpc) is 2.51. The van der Waals surface area contributed by atoms with Crippen molar-refractivity contribution >= 4 is 29.1 Å². The lowest BCUT2D eigenvalue weighted by Crippen LogP contribution is -2.53. The van der Waals surface area contributed by atoms with Crippen LogP contribution in [-0.4, -0.2) is 18.4 Å². The summed E-state index contributed by atoms with van der Waals surface area (Å²) in [7, 11) is 0. The summed E-state index contributed by atoms with van der Waals surface area (Å²) in [6.07, 6.45) is 0. The highest BCUT2D eigenvalue weighted by atomic mass is 35.5. The first-order valence-corrected chi connectivity index (χ1v) is 6.95. The average molecular weight is 301 g/mol. The van der Waals surface area contributed by atoms with Crippen LogP contribution in [0.5, 0.6) is 0 Å². The number of amides is 2. The minimum Gasteiger partial charge on any atom is -0.345 e. The quantitative estimate of drug-likeness (QED) is 0.926. The Labute approximate surface area is 127 Å². The van der Waals surface area contributed by atoms with Crippen LogP contribution >= 0.6 is 11.6 Å². The number of carbonyl (C=O) groups is 2. The zero-order chi connectivity index (χ0) is 14.8. The summed E-state index contributed by atoms with van der Waals surface area (Å²) in [5, 5.41) is 3.07. The fraction of sp³-hybridized carbons (Fsp3) is 0.125. The molecule has 1 saturated heterocycles. The van der Waals surface area contributed by atoms with Crippen LogP contribution in [0.15, 0.2) is 54.6 Å². The van der Waals surface area contributed by atoms with Crippen molar-refractivity contribution in [2.75, 3.05) is 11.4 Å². The molecule has 1 fully saturated rings. The number of carbonyl (C=O) groups excluding carboxylic acids is 2.